The fourth-order valence-corrected chi connectivity index (χ4v) is 1.62. The monoisotopic (exact) mass is 213 g/mol. The van der Waals surface area contributed by atoms with E-state index in [1.54, 1.807) is 6.07 Å². The average Bonchev–Trinajstić information content (AvgIpc) is 1.95. The third-order valence-electron chi connectivity index (χ3n) is 1.61. The van der Waals surface area contributed by atoms with E-state index in [0.29, 0.717) is 12.8 Å². The van der Waals surface area contributed by atoms with Crippen LogP contribution in [0.3, 0.4) is 0 Å². The van der Waals surface area contributed by atoms with Gasteiger partial charge in [0, 0.05) is 0 Å². The Balaban J connectivity index is 0. The summed E-state index contributed by atoms with van der Waals surface area (Å²) in [5.74, 6) is 0. The first-order chi connectivity index (χ1) is 5.52. The van der Waals surface area contributed by atoms with Gasteiger partial charge in [0.1, 0.15) is 0 Å². The number of rotatable bonds is 5. The molecule has 4 nitrogen and oxygen atoms in total. The van der Waals surface area contributed by atoms with E-state index in [9.17, 15) is 13.0 Å². The van der Waals surface area contributed by atoms with Crippen molar-refractivity contribution in [3.63, 3.8) is 0 Å². The summed E-state index contributed by atoms with van der Waals surface area (Å²) in [5, 5.41) is 7.23. The maximum atomic E-state index is 10.5. The fourth-order valence-electron chi connectivity index (χ4n) is 0.882. The normalized spacial score (nSPS) is 12.7. The van der Waals surface area contributed by atoms with Gasteiger partial charge in [-0.1, -0.05) is 19.8 Å². The zero-order valence-corrected chi connectivity index (χ0v) is 10.8. The number of nitriles is 1. The Morgan fingerprint density at radius 2 is 2.08 bits per heavy atom. The molecule has 1 unspecified atom stereocenters. The van der Waals surface area contributed by atoms with Crippen LogP contribution >= 0.6 is 0 Å². The zero-order chi connectivity index (χ0) is 9.61. The molecule has 0 spiro atoms. The summed E-state index contributed by atoms with van der Waals surface area (Å²) in [6.07, 6.45) is 1.62. The van der Waals surface area contributed by atoms with Crippen LogP contribution in [0.1, 0.15) is 32.6 Å². The van der Waals surface area contributed by atoms with Gasteiger partial charge in [-0.2, -0.15) is 5.26 Å². The molecule has 0 amide bonds. The van der Waals surface area contributed by atoms with Gasteiger partial charge < -0.3 is 4.55 Å². The van der Waals surface area contributed by atoms with Crippen LogP contribution in [-0.2, 0) is 10.1 Å². The van der Waals surface area contributed by atoms with Gasteiger partial charge in [0.25, 0.3) is 0 Å². The molecule has 0 N–H and O–H groups in total. The van der Waals surface area contributed by atoms with Crippen molar-refractivity contribution in [2.75, 3.05) is 0 Å². The van der Waals surface area contributed by atoms with E-state index in [0.717, 1.165) is 6.42 Å². The van der Waals surface area contributed by atoms with Crippen LogP contribution in [0.5, 0.6) is 0 Å². The van der Waals surface area contributed by atoms with E-state index < -0.39 is 15.4 Å². The minimum Gasteiger partial charge on any atom is -0.748 e. The molecule has 0 heterocycles. The van der Waals surface area contributed by atoms with Gasteiger partial charge in [0.05, 0.1) is 27.9 Å². The van der Waals surface area contributed by atoms with Crippen molar-refractivity contribution in [2.24, 2.45) is 0 Å². The Labute approximate surface area is 101 Å². The van der Waals surface area contributed by atoms with Crippen LogP contribution in [0.2, 0.25) is 0 Å². The fraction of sp³-hybridized carbons (Fsp3) is 0.857. The average molecular weight is 213 g/mol. The maximum absolute atomic E-state index is 10.5. The van der Waals surface area contributed by atoms with Gasteiger partial charge in [0.2, 0.25) is 0 Å². The molecule has 1 atom stereocenters. The molecule has 0 saturated carbocycles. The van der Waals surface area contributed by atoms with E-state index in [4.69, 9.17) is 5.26 Å². The molecular formula is C7H12NNaO3S. The summed E-state index contributed by atoms with van der Waals surface area (Å²) in [5.41, 5.74) is 0. The first-order valence-electron chi connectivity index (χ1n) is 3.84. The predicted octanol–water partition coefficient (Wildman–Crippen LogP) is -1.99. The van der Waals surface area contributed by atoms with Gasteiger partial charge >= 0.3 is 29.6 Å². The number of hydrogen-bond donors (Lipinski definition) is 0. The number of nitrogens with zero attached hydrogens (tertiary/aromatic N) is 1. The van der Waals surface area contributed by atoms with Gasteiger partial charge in [-0.15, -0.1) is 0 Å². The molecule has 0 aromatic heterocycles. The summed E-state index contributed by atoms with van der Waals surface area (Å²) in [6.45, 7) is 1.90. The minimum absolute atomic E-state index is 0. The van der Waals surface area contributed by atoms with Crippen molar-refractivity contribution >= 4 is 10.1 Å². The van der Waals surface area contributed by atoms with Crippen LogP contribution in [0.4, 0.5) is 0 Å². The van der Waals surface area contributed by atoms with Crippen molar-refractivity contribution < 1.29 is 42.5 Å². The number of unbranched alkanes of at least 4 members (excludes halogenated alkanes) is 1. The molecule has 0 rings (SSSR count). The molecule has 0 aliphatic heterocycles. The molecule has 0 fully saturated rings. The van der Waals surface area contributed by atoms with Crippen LogP contribution in [0.25, 0.3) is 0 Å². The molecule has 0 aliphatic rings. The van der Waals surface area contributed by atoms with E-state index in [2.05, 4.69) is 0 Å². The van der Waals surface area contributed by atoms with E-state index in [1.807, 2.05) is 6.92 Å². The Bertz CT molecular complexity index is 257. The first-order valence-corrected chi connectivity index (χ1v) is 5.31. The summed E-state index contributed by atoms with van der Waals surface area (Å²) in [4.78, 5) is 0. The van der Waals surface area contributed by atoms with Crippen molar-refractivity contribution in [3.8, 4) is 6.07 Å². The SMILES string of the molecule is CCCCC(CC#N)S(=O)(=O)[O-].[Na+]. The standard InChI is InChI=1S/C7H13NO3S.Na/c1-2-3-4-7(5-6-8)12(9,10)11;/h7H,2-5H2,1H3,(H,9,10,11);/q;+1/p-1. The molecular weight excluding hydrogens is 201 g/mol. The van der Waals surface area contributed by atoms with Crippen molar-refractivity contribution in [1.82, 2.24) is 0 Å². The molecule has 13 heavy (non-hydrogen) atoms. The second kappa shape index (κ2) is 7.77. The molecule has 0 aliphatic carbocycles. The van der Waals surface area contributed by atoms with Crippen molar-refractivity contribution in [2.45, 2.75) is 37.9 Å². The Kier molecular flexibility index (Phi) is 9.48. The van der Waals surface area contributed by atoms with E-state index in [-0.39, 0.29) is 36.0 Å². The predicted molar refractivity (Wildman–Crippen MR) is 43.2 cm³/mol. The third kappa shape index (κ3) is 7.47. The largest absolute Gasteiger partial charge is 1.00 e. The van der Waals surface area contributed by atoms with Crippen LogP contribution in [0.15, 0.2) is 0 Å². The molecule has 0 radical (unpaired) electrons. The van der Waals surface area contributed by atoms with E-state index in [1.165, 1.54) is 0 Å². The van der Waals surface area contributed by atoms with Crippen molar-refractivity contribution in [1.29, 1.82) is 5.26 Å². The molecule has 0 saturated heterocycles. The van der Waals surface area contributed by atoms with Gasteiger partial charge in [0.15, 0.2) is 0 Å². The quantitative estimate of drug-likeness (QED) is 0.391. The first kappa shape index (κ1) is 15.9. The number of hydrogen-bond acceptors (Lipinski definition) is 4. The molecule has 0 bridgehead atoms. The van der Waals surface area contributed by atoms with Gasteiger partial charge in [-0.3, -0.25) is 0 Å². The Hall–Kier alpha value is 0.400. The van der Waals surface area contributed by atoms with Gasteiger partial charge in [-0.25, -0.2) is 8.42 Å². The molecule has 6 heteroatoms. The molecule has 0 aromatic rings. The topological polar surface area (TPSA) is 81.0 Å². The van der Waals surface area contributed by atoms with Crippen molar-refractivity contribution in [3.05, 3.63) is 0 Å². The van der Waals surface area contributed by atoms with E-state index >= 15 is 0 Å². The second-order valence-electron chi connectivity index (χ2n) is 2.62. The summed E-state index contributed by atoms with van der Waals surface area (Å²) < 4.78 is 31.6. The summed E-state index contributed by atoms with van der Waals surface area (Å²) in [7, 11) is -4.27. The second-order valence-corrected chi connectivity index (χ2v) is 4.27. The zero-order valence-electron chi connectivity index (χ0n) is 7.99. The minimum atomic E-state index is -4.27. The van der Waals surface area contributed by atoms with Gasteiger partial charge in [-0.05, 0) is 6.42 Å². The van der Waals surface area contributed by atoms with Crippen LogP contribution in [0, 0.1) is 11.3 Å². The summed E-state index contributed by atoms with van der Waals surface area (Å²) in [6, 6.07) is 1.70. The maximum Gasteiger partial charge on any atom is 1.00 e. The summed E-state index contributed by atoms with van der Waals surface area (Å²) >= 11 is 0. The Morgan fingerprint density at radius 1 is 1.54 bits per heavy atom. The molecule has 0 aromatic carbocycles. The van der Waals surface area contributed by atoms with Crippen LogP contribution in [-0.4, -0.2) is 18.2 Å². The van der Waals surface area contributed by atoms with Crippen LogP contribution < -0.4 is 29.6 Å². The smallest absolute Gasteiger partial charge is 0.748 e. The molecule has 70 valence electrons. The Morgan fingerprint density at radius 3 is 2.38 bits per heavy atom. The third-order valence-corrected chi connectivity index (χ3v) is 2.83.